The van der Waals surface area contributed by atoms with Crippen molar-refractivity contribution >= 4 is 23.4 Å². The van der Waals surface area contributed by atoms with Gasteiger partial charge in [0.15, 0.2) is 0 Å². The maximum absolute atomic E-state index is 12.5. The van der Waals surface area contributed by atoms with Crippen molar-refractivity contribution in [3.63, 3.8) is 0 Å². The average molecular weight is 371 g/mol. The van der Waals surface area contributed by atoms with Gasteiger partial charge < -0.3 is 14.9 Å². The Morgan fingerprint density at radius 3 is 2.35 bits per heavy atom. The van der Waals surface area contributed by atoms with Crippen LogP contribution in [0, 0.1) is 13.8 Å². The topological polar surface area (TPSA) is 43.8 Å². The summed E-state index contributed by atoms with van der Waals surface area (Å²) in [6.45, 7) is 7.42. The summed E-state index contributed by atoms with van der Waals surface area (Å²) in [7, 11) is 0. The van der Waals surface area contributed by atoms with Gasteiger partial charge in [-0.3, -0.25) is 4.79 Å². The van der Waals surface area contributed by atoms with Crippen molar-refractivity contribution in [3.8, 4) is 5.75 Å². The highest BCUT2D eigenvalue weighted by molar-refractivity contribution is 7.99. The molecule has 1 aliphatic heterocycles. The summed E-state index contributed by atoms with van der Waals surface area (Å²) in [5.74, 6) is 1.34. The predicted octanol–water partition coefficient (Wildman–Crippen LogP) is 3.84. The summed E-state index contributed by atoms with van der Waals surface area (Å²) in [5, 5.41) is 9.39. The van der Waals surface area contributed by atoms with E-state index in [1.165, 1.54) is 16.0 Å². The zero-order valence-electron chi connectivity index (χ0n) is 15.4. The molecule has 2 aromatic rings. The minimum absolute atomic E-state index is 0.242. The molecule has 1 fully saturated rings. The van der Waals surface area contributed by atoms with Crippen molar-refractivity contribution < 1.29 is 9.90 Å². The summed E-state index contributed by atoms with van der Waals surface area (Å²) >= 11 is 1.75. The number of rotatable bonds is 5. The van der Waals surface area contributed by atoms with E-state index < -0.39 is 0 Å². The molecule has 0 spiro atoms. The van der Waals surface area contributed by atoms with E-state index in [0.717, 1.165) is 37.6 Å². The highest BCUT2D eigenvalue weighted by atomic mass is 32.2. The Morgan fingerprint density at radius 2 is 1.69 bits per heavy atom. The summed E-state index contributed by atoms with van der Waals surface area (Å²) in [5.41, 5.74) is 3.70. The van der Waals surface area contributed by atoms with E-state index in [4.69, 9.17) is 0 Å². The molecule has 0 atom stereocenters. The number of piperazine rings is 1. The van der Waals surface area contributed by atoms with Gasteiger partial charge in [0, 0.05) is 48.9 Å². The molecule has 26 heavy (non-hydrogen) atoms. The summed E-state index contributed by atoms with van der Waals surface area (Å²) in [6, 6.07) is 13.7. The molecule has 138 valence electrons. The normalized spacial score (nSPS) is 14.5. The summed E-state index contributed by atoms with van der Waals surface area (Å²) in [4.78, 5) is 17.9. The van der Waals surface area contributed by atoms with Gasteiger partial charge in [-0.2, -0.15) is 0 Å². The molecule has 0 bridgehead atoms. The Morgan fingerprint density at radius 1 is 1.00 bits per heavy atom. The van der Waals surface area contributed by atoms with E-state index in [-0.39, 0.29) is 11.7 Å². The number of anilines is 1. The fourth-order valence-corrected chi connectivity index (χ4v) is 4.03. The van der Waals surface area contributed by atoms with Crippen molar-refractivity contribution in [2.24, 2.45) is 0 Å². The van der Waals surface area contributed by atoms with Gasteiger partial charge in [-0.1, -0.05) is 6.07 Å². The standard InChI is InChI=1S/C21H26N2O2S/c1-16-3-8-20(15-17(16)2)26-14-9-21(25)23-12-10-22(11-13-23)18-4-6-19(24)7-5-18/h3-8,15,24H,9-14H2,1-2H3. The van der Waals surface area contributed by atoms with Gasteiger partial charge in [0.05, 0.1) is 0 Å². The van der Waals surface area contributed by atoms with Crippen LogP contribution in [0.15, 0.2) is 47.4 Å². The number of benzene rings is 2. The van der Waals surface area contributed by atoms with Crippen LogP contribution in [0.4, 0.5) is 5.69 Å². The number of aryl methyl sites for hydroxylation is 2. The molecular weight excluding hydrogens is 344 g/mol. The SMILES string of the molecule is Cc1ccc(SCCC(=O)N2CCN(c3ccc(O)cc3)CC2)cc1C. The van der Waals surface area contributed by atoms with Crippen LogP contribution in [0.3, 0.4) is 0 Å². The van der Waals surface area contributed by atoms with Gasteiger partial charge in [-0.25, -0.2) is 0 Å². The molecule has 5 heteroatoms. The Hall–Kier alpha value is -2.14. The van der Waals surface area contributed by atoms with Crippen LogP contribution >= 0.6 is 11.8 Å². The number of hydrogen-bond donors (Lipinski definition) is 1. The third-order valence-corrected chi connectivity index (χ3v) is 5.91. The monoisotopic (exact) mass is 370 g/mol. The number of phenols is 1. The molecule has 4 nitrogen and oxygen atoms in total. The molecule has 1 saturated heterocycles. The first-order valence-corrected chi connectivity index (χ1v) is 10.0. The molecule has 0 unspecified atom stereocenters. The number of aromatic hydroxyl groups is 1. The van der Waals surface area contributed by atoms with Gasteiger partial charge >= 0.3 is 0 Å². The molecule has 0 aliphatic carbocycles. The second-order valence-corrected chi connectivity index (χ2v) is 7.90. The third kappa shape index (κ3) is 4.73. The highest BCUT2D eigenvalue weighted by Gasteiger charge is 2.21. The third-order valence-electron chi connectivity index (χ3n) is 4.91. The minimum Gasteiger partial charge on any atom is -0.508 e. The van der Waals surface area contributed by atoms with E-state index in [9.17, 15) is 9.90 Å². The number of hydrogen-bond acceptors (Lipinski definition) is 4. The zero-order valence-corrected chi connectivity index (χ0v) is 16.3. The molecule has 1 N–H and O–H groups in total. The van der Waals surface area contributed by atoms with Crippen molar-refractivity contribution in [1.29, 1.82) is 0 Å². The first-order chi connectivity index (χ1) is 12.5. The zero-order chi connectivity index (χ0) is 18.5. The average Bonchev–Trinajstić information content (AvgIpc) is 2.65. The lowest BCUT2D eigenvalue weighted by atomic mass is 10.1. The largest absolute Gasteiger partial charge is 0.508 e. The van der Waals surface area contributed by atoms with Crippen molar-refractivity contribution in [1.82, 2.24) is 4.90 Å². The lowest BCUT2D eigenvalue weighted by Crippen LogP contribution is -2.48. The second-order valence-electron chi connectivity index (χ2n) is 6.73. The van der Waals surface area contributed by atoms with Gasteiger partial charge in [-0.05, 0) is 61.4 Å². The number of carbonyl (C=O) groups is 1. The molecular formula is C21H26N2O2S. The molecule has 3 rings (SSSR count). The second kappa shape index (κ2) is 8.49. The molecule has 1 aliphatic rings. The quantitative estimate of drug-likeness (QED) is 0.812. The fourth-order valence-electron chi connectivity index (χ4n) is 3.10. The van der Waals surface area contributed by atoms with Crippen LogP contribution < -0.4 is 4.90 Å². The molecule has 1 heterocycles. The summed E-state index contributed by atoms with van der Waals surface area (Å²) < 4.78 is 0. The smallest absolute Gasteiger partial charge is 0.223 e. The van der Waals surface area contributed by atoms with E-state index in [1.807, 2.05) is 17.0 Å². The Bertz CT molecular complexity index is 753. The van der Waals surface area contributed by atoms with E-state index in [1.54, 1.807) is 23.9 Å². The maximum atomic E-state index is 12.5. The predicted molar refractivity (Wildman–Crippen MR) is 108 cm³/mol. The van der Waals surface area contributed by atoms with Gasteiger partial charge in [0.25, 0.3) is 0 Å². The van der Waals surface area contributed by atoms with E-state index >= 15 is 0 Å². The minimum atomic E-state index is 0.242. The Balaban J connectivity index is 1.43. The lowest BCUT2D eigenvalue weighted by molar-refractivity contribution is -0.131. The fraction of sp³-hybridized carbons (Fsp3) is 0.381. The van der Waals surface area contributed by atoms with Crippen molar-refractivity contribution in [2.75, 3.05) is 36.8 Å². The number of amides is 1. The molecule has 1 amide bonds. The number of thioether (sulfide) groups is 1. The number of carbonyl (C=O) groups excluding carboxylic acids is 1. The van der Waals surface area contributed by atoms with Crippen LogP contribution in [-0.2, 0) is 4.79 Å². The molecule has 0 saturated carbocycles. The van der Waals surface area contributed by atoms with Crippen LogP contribution in [0.5, 0.6) is 5.75 Å². The van der Waals surface area contributed by atoms with Crippen LogP contribution in [0.2, 0.25) is 0 Å². The Kier molecular flexibility index (Phi) is 6.09. The van der Waals surface area contributed by atoms with Crippen LogP contribution in [-0.4, -0.2) is 47.8 Å². The van der Waals surface area contributed by atoms with Crippen molar-refractivity contribution in [3.05, 3.63) is 53.6 Å². The van der Waals surface area contributed by atoms with E-state index in [0.29, 0.717) is 6.42 Å². The van der Waals surface area contributed by atoms with Crippen LogP contribution in [0.25, 0.3) is 0 Å². The van der Waals surface area contributed by atoms with Crippen molar-refractivity contribution in [2.45, 2.75) is 25.2 Å². The molecule has 2 aromatic carbocycles. The Labute approximate surface area is 159 Å². The molecule has 0 radical (unpaired) electrons. The number of phenolic OH excluding ortho intramolecular Hbond substituents is 1. The maximum Gasteiger partial charge on any atom is 0.223 e. The van der Waals surface area contributed by atoms with E-state index in [2.05, 4.69) is 36.9 Å². The van der Waals surface area contributed by atoms with Gasteiger partial charge in [-0.15, -0.1) is 11.8 Å². The lowest BCUT2D eigenvalue weighted by Gasteiger charge is -2.36. The first-order valence-electron chi connectivity index (χ1n) is 9.05. The first kappa shape index (κ1) is 18.6. The van der Waals surface area contributed by atoms with Gasteiger partial charge in [0.2, 0.25) is 5.91 Å². The summed E-state index contributed by atoms with van der Waals surface area (Å²) in [6.07, 6.45) is 0.580. The molecule has 0 aromatic heterocycles. The van der Waals surface area contributed by atoms with Gasteiger partial charge in [0.1, 0.15) is 5.75 Å². The highest BCUT2D eigenvalue weighted by Crippen LogP contribution is 2.23. The number of nitrogens with zero attached hydrogens (tertiary/aromatic N) is 2. The van der Waals surface area contributed by atoms with Crippen LogP contribution in [0.1, 0.15) is 17.5 Å².